The highest BCUT2D eigenvalue weighted by atomic mass is 15.5. The molecule has 0 saturated heterocycles. The quantitative estimate of drug-likeness (QED) is 0.480. The SMILES string of the molecule is c1ccc(-c2nnc3n2N=C(c2c[nH]c4ccccc24)C[n+]2ccccc2-3)nc1. The van der Waals surface area contributed by atoms with Crippen molar-refractivity contribution in [1.82, 2.24) is 24.8 Å². The first-order valence-electron chi connectivity index (χ1n) is 9.38. The lowest BCUT2D eigenvalue weighted by Gasteiger charge is -2.03. The maximum Gasteiger partial charge on any atom is 0.252 e. The van der Waals surface area contributed by atoms with E-state index in [1.54, 1.807) is 10.9 Å². The Kier molecular flexibility index (Phi) is 3.40. The minimum atomic E-state index is 0.621. The summed E-state index contributed by atoms with van der Waals surface area (Å²) in [6.07, 6.45) is 5.81. The largest absolute Gasteiger partial charge is 0.360 e. The molecule has 4 aromatic heterocycles. The Morgan fingerprint density at radius 2 is 1.76 bits per heavy atom. The van der Waals surface area contributed by atoms with Gasteiger partial charge >= 0.3 is 0 Å². The Hall–Kier alpha value is -4.13. The van der Waals surface area contributed by atoms with Crippen molar-refractivity contribution in [1.29, 1.82) is 0 Å². The fourth-order valence-corrected chi connectivity index (χ4v) is 3.77. The second kappa shape index (κ2) is 6.20. The van der Waals surface area contributed by atoms with E-state index >= 15 is 0 Å². The van der Waals surface area contributed by atoms with Crippen LogP contribution in [0.5, 0.6) is 0 Å². The highest BCUT2D eigenvalue weighted by molar-refractivity contribution is 6.10. The topological polar surface area (TPSA) is 75.6 Å². The van der Waals surface area contributed by atoms with Crippen molar-refractivity contribution in [2.24, 2.45) is 5.10 Å². The number of benzene rings is 1. The van der Waals surface area contributed by atoms with Gasteiger partial charge in [-0.3, -0.25) is 4.98 Å². The van der Waals surface area contributed by atoms with Crippen LogP contribution in [0.4, 0.5) is 0 Å². The van der Waals surface area contributed by atoms with Crippen LogP contribution in [0.1, 0.15) is 5.56 Å². The van der Waals surface area contributed by atoms with Crippen LogP contribution in [0.15, 0.2) is 84.4 Å². The lowest BCUT2D eigenvalue weighted by Crippen LogP contribution is -2.39. The summed E-state index contributed by atoms with van der Waals surface area (Å²) in [5.74, 6) is 1.32. The van der Waals surface area contributed by atoms with Crippen molar-refractivity contribution in [2.75, 3.05) is 0 Å². The van der Waals surface area contributed by atoms with Gasteiger partial charge in [-0.05, 0) is 24.3 Å². The van der Waals surface area contributed by atoms with Crippen LogP contribution in [0.25, 0.3) is 33.9 Å². The summed E-state index contributed by atoms with van der Waals surface area (Å²) in [6.45, 7) is 0.628. The summed E-state index contributed by atoms with van der Waals surface area (Å²) >= 11 is 0. The van der Waals surface area contributed by atoms with Crippen molar-refractivity contribution in [3.8, 4) is 23.0 Å². The van der Waals surface area contributed by atoms with Crippen molar-refractivity contribution in [3.63, 3.8) is 0 Å². The van der Waals surface area contributed by atoms with E-state index in [1.807, 2.05) is 60.9 Å². The van der Waals surface area contributed by atoms with Crippen molar-refractivity contribution < 1.29 is 4.57 Å². The van der Waals surface area contributed by atoms with Crippen LogP contribution < -0.4 is 4.57 Å². The second-order valence-corrected chi connectivity index (χ2v) is 6.88. The van der Waals surface area contributed by atoms with E-state index < -0.39 is 0 Å². The predicted molar refractivity (Wildman–Crippen MR) is 109 cm³/mol. The summed E-state index contributed by atoms with van der Waals surface area (Å²) in [5.41, 5.74) is 4.77. The van der Waals surface area contributed by atoms with Gasteiger partial charge in [-0.15, -0.1) is 10.2 Å². The molecule has 0 bridgehead atoms. The zero-order valence-electron chi connectivity index (χ0n) is 15.4. The summed E-state index contributed by atoms with van der Waals surface area (Å²) in [5, 5.41) is 15.0. The molecule has 5 aromatic rings. The number of rotatable bonds is 2. The molecule has 6 rings (SSSR count). The average molecular weight is 378 g/mol. The van der Waals surface area contributed by atoms with Crippen LogP contribution in [0.3, 0.4) is 0 Å². The maximum atomic E-state index is 5.01. The fraction of sp³-hybridized carbons (Fsp3) is 0.0455. The van der Waals surface area contributed by atoms with Crippen LogP contribution >= 0.6 is 0 Å². The number of nitrogens with one attached hydrogen (secondary N) is 1. The molecule has 5 heterocycles. The Bertz CT molecular complexity index is 1380. The molecule has 1 aromatic carbocycles. The van der Waals surface area contributed by atoms with Gasteiger partial charge in [0.1, 0.15) is 11.4 Å². The minimum Gasteiger partial charge on any atom is -0.360 e. The van der Waals surface area contributed by atoms with Crippen LogP contribution in [0.2, 0.25) is 0 Å². The van der Waals surface area contributed by atoms with Crippen molar-refractivity contribution in [3.05, 3.63) is 84.8 Å². The van der Waals surface area contributed by atoms with Gasteiger partial charge in [-0.25, -0.2) is 0 Å². The van der Waals surface area contributed by atoms with Gasteiger partial charge in [0.05, 0.1) is 0 Å². The summed E-state index contributed by atoms with van der Waals surface area (Å²) in [7, 11) is 0. The number of hydrogen-bond donors (Lipinski definition) is 1. The number of aromatic nitrogens is 6. The van der Waals surface area contributed by atoms with Gasteiger partial charge in [0.15, 0.2) is 12.7 Å². The Balaban J connectivity index is 1.63. The minimum absolute atomic E-state index is 0.621. The van der Waals surface area contributed by atoms with Gasteiger partial charge in [0, 0.05) is 41.0 Å². The van der Waals surface area contributed by atoms with Crippen molar-refractivity contribution >= 4 is 16.6 Å². The third kappa shape index (κ3) is 2.48. The molecule has 0 amide bonds. The fourth-order valence-electron chi connectivity index (χ4n) is 3.77. The van der Waals surface area contributed by atoms with E-state index in [0.29, 0.717) is 18.2 Å². The molecule has 0 spiro atoms. The smallest absolute Gasteiger partial charge is 0.252 e. The van der Waals surface area contributed by atoms with Gasteiger partial charge in [-0.2, -0.15) is 14.3 Å². The number of pyridine rings is 2. The molecule has 29 heavy (non-hydrogen) atoms. The molecule has 138 valence electrons. The molecule has 7 heteroatoms. The molecular weight excluding hydrogens is 362 g/mol. The predicted octanol–water partition coefficient (Wildman–Crippen LogP) is 3.04. The third-order valence-corrected chi connectivity index (χ3v) is 5.15. The number of fused-ring (bicyclic) bond motifs is 4. The third-order valence-electron chi connectivity index (χ3n) is 5.15. The molecule has 0 fully saturated rings. The zero-order valence-corrected chi connectivity index (χ0v) is 15.4. The van der Waals surface area contributed by atoms with E-state index in [0.717, 1.165) is 33.6 Å². The summed E-state index contributed by atoms with van der Waals surface area (Å²) in [6, 6.07) is 20.0. The molecule has 0 unspecified atom stereocenters. The monoisotopic (exact) mass is 378 g/mol. The first-order valence-corrected chi connectivity index (χ1v) is 9.38. The highest BCUT2D eigenvalue weighted by Crippen LogP contribution is 2.25. The number of para-hydroxylation sites is 1. The number of nitrogens with zero attached hydrogens (tertiary/aromatic N) is 6. The molecule has 0 saturated carbocycles. The van der Waals surface area contributed by atoms with Crippen LogP contribution in [0, 0.1) is 0 Å². The van der Waals surface area contributed by atoms with Gasteiger partial charge in [-0.1, -0.05) is 24.3 Å². The number of H-pyrrole nitrogens is 1. The molecule has 0 aliphatic carbocycles. The summed E-state index contributed by atoms with van der Waals surface area (Å²) in [4.78, 5) is 7.80. The Labute approximate surface area is 166 Å². The zero-order chi connectivity index (χ0) is 19.2. The highest BCUT2D eigenvalue weighted by Gasteiger charge is 2.29. The van der Waals surface area contributed by atoms with Crippen molar-refractivity contribution in [2.45, 2.75) is 6.54 Å². The van der Waals surface area contributed by atoms with E-state index in [1.165, 1.54) is 0 Å². The van der Waals surface area contributed by atoms with E-state index in [2.05, 4.69) is 36.9 Å². The molecule has 1 N–H and O–H groups in total. The summed E-state index contributed by atoms with van der Waals surface area (Å²) < 4.78 is 3.95. The van der Waals surface area contributed by atoms with E-state index in [4.69, 9.17) is 5.10 Å². The van der Waals surface area contributed by atoms with Gasteiger partial charge < -0.3 is 4.98 Å². The molecule has 1 aliphatic rings. The number of aromatic amines is 1. The van der Waals surface area contributed by atoms with E-state index in [9.17, 15) is 0 Å². The molecule has 7 nitrogen and oxygen atoms in total. The standard InChI is InChI=1S/C22H16N7/c1-2-8-17-15(7-1)16(13-24-17)19-14-28-12-6-4-10-20(28)22-26-25-21(29(22)27-19)18-9-3-5-11-23-18/h1-13,24H,14H2/q+1. The normalized spacial score (nSPS) is 12.9. The van der Waals surface area contributed by atoms with Gasteiger partial charge in [0.25, 0.3) is 5.69 Å². The maximum absolute atomic E-state index is 5.01. The first kappa shape index (κ1) is 15.9. The molecular formula is C22H16N7+. The lowest BCUT2D eigenvalue weighted by atomic mass is 10.1. The Morgan fingerprint density at radius 1 is 0.897 bits per heavy atom. The van der Waals surface area contributed by atoms with Crippen LogP contribution in [-0.2, 0) is 6.54 Å². The number of hydrogen-bond acceptors (Lipinski definition) is 4. The van der Waals surface area contributed by atoms with Gasteiger partial charge in [0.2, 0.25) is 11.6 Å². The first-order chi connectivity index (χ1) is 14.4. The average Bonchev–Trinajstić information content (AvgIpc) is 3.35. The van der Waals surface area contributed by atoms with E-state index in [-0.39, 0.29) is 0 Å². The van der Waals surface area contributed by atoms with Crippen LogP contribution in [-0.4, -0.2) is 30.6 Å². The molecule has 0 atom stereocenters. The molecule has 0 radical (unpaired) electrons. The lowest BCUT2D eigenvalue weighted by molar-refractivity contribution is -0.670. The second-order valence-electron chi connectivity index (χ2n) is 6.88. The Morgan fingerprint density at radius 3 is 2.69 bits per heavy atom. The molecule has 1 aliphatic heterocycles.